The Balaban J connectivity index is 1.70. The van der Waals surface area contributed by atoms with E-state index in [0.717, 1.165) is 31.2 Å². The van der Waals surface area contributed by atoms with Crippen molar-refractivity contribution in [3.05, 3.63) is 50.3 Å². The third kappa shape index (κ3) is 4.24. The van der Waals surface area contributed by atoms with E-state index < -0.39 is 0 Å². The molecule has 0 spiro atoms. The second kappa shape index (κ2) is 8.35. The molecule has 8 heteroatoms. The van der Waals surface area contributed by atoms with E-state index in [4.69, 9.17) is 23.2 Å². The Morgan fingerprint density at radius 3 is 2.74 bits per heavy atom. The second-order valence-electron chi connectivity index (χ2n) is 6.45. The van der Waals surface area contributed by atoms with Gasteiger partial charge in [0.1, 0.15) is 0 Å². The van der Waals surface area contributed by atoms with Crippen molar-refractivity contribution < 1.29 is 4.79 Å². The summed E-state index contributed by atoms with van der Waals surface area (Å²) in [6.45, 7) is 0. The molecule has 0 radical (unpaired) electrons. The molecule has 1 aliphatic heterocycles. The van der Waals surface area contributed by atoms with Gasteiger partial charge in [0.25, 0.3) is 5.91 Å². The lowest BCUT2D eigenvalue weighted by atomic mass is 9.94. The number of thiazole rings is 1. The number of carbonyl (C=O) groups is 1. The fourth-order valence-electron chi connectivity index (χ4n) is 3.34. The number of nitrogens with zero attached hydrogens (tertiary/aromatic N) is 3. The quantitative estimate of drug-likeness (QED) is 0.522. The zero-order chi connectivity index (χ0) is 18.8. The van der Waals surface area contributed by atoms with Crippen molar-refractivity contribution in [3.8, 4) is 0 Å². The summed E-state index contributed by atoms with van der Waals surface area (Å²) >= 11 is 15.1. The van der Waals surface area contributed by atoms with Crippen LogP contribution in [0.3, 0.4) is 0 Å². The van der Waals surface area contributed by atoms with E-state index in [1.165, 1.54) is 29.5 Å². The lowest BCUT2D eigenvalue weighted by molar-refractivity contribution is -0.124. The van der Waals surface area contributed by atoms with E-state index in [0.29, 0.717) is 25.2 Å². The standard InChI is InChI=1S/C19H17Cl2N3OS2/c20-13-7-6-12(15(21)11-13)10-16-17(25)24(14-4-2-1-3-5-14)19(27-16)23-18-22-8-9-26-18/h6-11,14H,1-5H2/b16-10-,23-19+. The maximum atomic E-state index is 13.2. The molecule has 2 aliphatic rings. The smallest absolute Gasteiger partial charge is 0.267 e. The number of halogens is 2. The van der Waals surface area contributed by atoms with Gasteiger partial charge in [0.05, 0.1) is 4.91 Å². The van der Waals surface area contributed by atoms with Crippen molar-refractivity contribution in [2.24, 2.45) is 4.99 Å². The Hall–Kier alpha value is -1.34. The summed E-state index contributed by atoms with van der Waals surface area (Å²) in [5.41, 5.74) is 0.774. The molecule has 140 valence electrons. The van der Waals surface area contributed by atoms with Crippen molar-refractivity contribution in [2.75, 3.05) is 0 Å². The first-order chi connectivity index (χ1) is 13.1. The van der Waals surface area contributed by atoms with Crippen LogP contribution < -0.4 is 0 Å². The second-order valence-corrected chi connectivity index (χ2v) is 9.18. The first-order valence-corrected chi connectivity index (χ1v) is 11.2. The number of hydrogen-bond donors (Lipinski definition) is 0. The topological polar surface area (TPSA) is 45.6 Å². The minimum atomic E-state index is -0.00628. The van der Waals surface area contributed by atoms with Crippen molar-refractivity contribution in [1.82, 2.24) is 9.88 Å². The van der Waals surface area contributed by atoms with Crippen LogP contribution in [0.15, 0.2) is 39.7 Å². The number of thioether (sulfide) groups is 1. The zero-order valence-electron chi connectivity index (χ0n) is 14.4. The van der Waals surface area contributed by atoms with Gasteiger partial charge in [0.15, 0.2) is 5.17 Å². The van der Waals surface area contributed by atoms with Gasteiger partial charge in [-0.1, -0.05) is 48.5 Å². The fourth-order valence-corrected chi connectivity index (χ4v) is 5.39. The average Bonchev–Trinajstić information content (AvgIpc) is 3.27. The summed E-state index contributed by atoms with van der Waals surface area (Å²) in [5.74, 6) is -0.00628. The number of hydrogen-bond acceptors (Lipinski definition) is 5. The van der Waals surface area contributed by atoms with Crippen LogP contribution in [-0.4, -0.2) is 27.0 Å². The van der Waals surface area contributed by atoms with E-state index in [-0.39, 0.29) is 11.9 Å². The van der Waals surface area contributed by atoms with E-state index in [1.54, 1.807) is 18.3 Å². The third-order valence-electron chi connectivity index (χ3n) is 4.64. The van der Waals surface area contributed by atoms with Crippen LogP contribution in [-0.2, 0) is 4.79 Å². The molecule has 1 amide bonds. The van der Waals surface area contributed by atoms with E-state index >= 15 is 0 Å². The van der Waals surface area contributed by atoms with Crippen molar-refractivity contribution in [2.45, 2.75) is 38.1 Å². The highest BCUT2D eigenvalue weighted by Crippen LogP contribution is 2.39. The lowest BCUT2D eigenvalue weighted by Gasteiger charge is -2.30. The summed E-state index contributed by atoms with van der Waals surface area (Å²) < 4.78 is 0. The molecule has 1 saturated carbocycles. The SMILES string of the molecule is O=C1/C(=C/c2ccc(Cl)cc2Cl)S/C(=N/c2nccs2)N1C1CCCCC1. The van der Waals surface area contributed by atoms with Gasteiger partial charge in [-0.15, -0.1) is 11.3 Å². The average molecular weight is 438 g/mol. The first kappa shape index (κ1) is 19.0. The fraction of sp³-hybridized carbons (Fsp3) is 0.316. The van der Waals surface area contributed by atoms with Gasteiger partial charge in [-0.2, -0.15) is 4.99 Å². The largest absolute Gasteiger partial charge is 0.283 e. The molecule has 0 N–H and O–H groups in total. The predicted octanol–water partition coefficient (Wildman–Crippen LogP) is 6.39. The molecule has 1 aromatic heterocycles. The molecule has 1 saturated heterocycles. The Bertz CT molecular complexity index is 906. The predicted molar refractivity (Wildman–Crippen MR) is 115 cm³/mol. The van der Waals surface area contributed by atoms with Gasteiger partial charge in [0, 0.05) is 27.7 Å². The van der Waals surface area contributed by atoms with Crippen LogP contribution in [0.2, 0.25) is 10.0 Å². The summed E-state index contributed by atoms with van der Waals surface area (Å²) in [6.07, 6.45) is 9.09. The van der Waals surface area contributed by atoms with Crippen LogP contribution in [0.25, 0.3) is 6.08 Å². The summed E-state index contributed by atoms with van der Waals surface area (Å²) in [5, 5.41) is 4.35. The van der Waals surface area contributed by atoms with Gasteiger partial charge < -0.3 is 0 Å². The minimum absolute atomic E-state index is 0.00628. The van der Waals surface area contributed by atoms with E-state index in [2.05, 4.69) is 9.98 Å². The van der Waals surface area contributed by atoms with Crippen LogP contribution in [0.5, 0.6) is 0 Å². The number of amides is 1. The molecule has 27 heavy (non-hydrogen) atoms. The van der Waals surface area contributed by atoms with Crippen molar-refractivity contribution >= 4 is 68.6 Å². The highest BCUT2D eigenvalue weighted by molar-refractivity contribution is 8.18. The molecular weight excluding hydrogens is 421 g/mol. The van der Waals surface area contributed by atoms with E-state index in [1.807, 2.05) is 22.4 Å². The highest BCUT2D eigenvalue weighted by atomic mass is 35.5. The van der Waals surface area contributed by atoms with Gasteiger partial charge >= 0.3 is 0 Å². The molecule has 4 rings (SSSR count). The van der Waals surface area contributed by atoms with Crippen LogP contribution >= 0.6 is 46.3 Å². The Kier molecular flexibility index (Phi) is 5.88. The monoisotopic (exact) mass is 437 g/mol. The molecule has 1 aromatic carbocycles. The molecule has 2 aromatic rings. The Morgan fingerprint density at radius 2 is 2.04 bits per heavy atom. The normalized spacial score (nSPS) is 21.6. The first-order valence-electron chi connectivity index (χ1n) is 8.78. The molecule has 0 unspecified atom stereocenters. The number of amidine groups is 1. The maximum absolute atomic E-state index is 13.2. The van der Waals surface area contributed by atoms with Crippen LogP contribution in [0.1, 0.15) is 37.7 Å². The van der Waals surface area contributed by atoms with Crippen molar-refractivity contribution in [3.63, 3.8) is 0 Å². The molecule has 4 nitrogen and oxygen atoms in total. The number of aliphatic imine (C=N–C) groups is 1. The van der Waals surface area contributed by atoms with Gasteiger partial charge in [-0.05, 0) is 48.4 Å². The molecule has 2 heterocycles. The summed E-state index contributed by atoms with van der Waals surface area (Å²) in [7, 11) is 0. The molecule has 0 atom stereocenters. The van der Waals surface area contributed by atoms with Gasteiger partial charge in [0.2, 0.25) is 5.13 Å². The molecule has 1 aliphatic carbocycles. The highest BCUT2D eigenvalue weighted by Gasteiger charge is 2.38. The minimum Gasteiger partial charge on any atom is -0.283 e. The van der Waals surface area contributed by atoms with Crippen LogP contribution in [0.4, 0.5) is 5.13 Å². The number of aromatic nitrogens is 1. The van der Waals surface area contributed by atoms with Crippen LogP contribution in [0, 0.1) is 0 Å². The number of carbonyl (C=O) groups excluding carboxylic acids is 1. The third-order valence-corrected chi connectivity index (χ3v) is 6.85. The zero-order valence-corrected chi connectivity index (χ0v) is 17.5. The Morgan fingerprint density at radius 1 is 1.22 bits per heavy atom. The molecular formula is C19H17Cl2N3OS2. The number of rotatable bonds is 3. The van der Waals surface area contributed by atoms with Gasteiger partial charge in [-0.25, -0.2) is 4.98 Å². The van der Waals surface area contributed by atoms with Gasteiger partial charge in [-0.3, -0.25) is 9.69 Å². The molecule has 2 fully saturated rings. The summed E-state index contributed by atoms with van der Waals surface area (Å²) in [6, 6.07) is 5.48. The summed E-state index contributed by atoms with van der Waals surface area (Å²) in [4.78, 5) is 24.6. The Labute approximate surface area is 176 Å². The number of benzene rings is 1. The molecule has 0 bridgehead atoms. The van der Waals surface area contributed by atoms with Crippen molar-refractivity contribution in [1.29, 1.82) is 0 Å². The maximum Gasteiger partial charge on any atom is 0.267 e. The lowest BCUT2D eigenvalue weighted by Crippen LogP contribution is -2.40. The van der Waals surface area contributed by atoms with E-state index in [9.17, 15) is 4.79 Å².